The van der Waals surface area contributed by atoms with Crippen molar-refractivity contribution in [2.24, 2.45) is 54.1 Å². The van der Waals surface area contributed by atoms with Crippen LogP contribution in [0.3, 0.4) is 0 Å². The lowest BCUT2D eigenvalue weighted by Crippen LogP contribution is -1.93. The topological polar surface area (TPSA) is 0 Å². The fourth-order valence-corrected chi connectivity index (χ4v) is 6.20. The first-order valence-corrected chi connectivity index (χ1v) is 40.0. The Balaban J connectivity index is -0.000000262. The minimum absolute atomic E-state index is 0.500. The summed E-state index contributed by atoms with van der Waals surface area (Å²) in [5.74, 6) is 0. The van der Waals surface area contributed by atoms with E-state index < -0.39 is 0 Å². The normalized spacial score (nSPS) is 10.7. The highest BCUT2D eigenvalue weighted by Gasteiger charge is 2.03. The number of benzene rings is 11. The molecule has 11 rings (SSSR count). The number of rotatable bonds is 0. The molecule has 0 saturated heterocycles. The van der Waals surface area contributed by atoms with Gasteiger partial charge in [0, 0.05) is 0 Å². The van der Waals surface area contributed by atoms with E-state index in [1.165, 1.54) is 53.9 Å². The van der Waals surface area contributed by atoms with Gasteiger partial charge in [-0.05, 0) is 108 Å². The fourth-order valence-electron chi connectivity index (χ4n) is 6.20. The molecule has 108 heavy (non-hydrogen) atoms. The highest BCUT2D eigenvalue weighted by Crippen LogP contribution is 2.26. The molecule has 0 bridgehead atoms. The van der Waals surface area contributed by atoms with Crippen LogP contribution in [0.15, 0.2) is 279 Å². The van der Waals surface area contributed by atoms with Crippen LogP contribution < -0.4 is 0 Å². The molecule has 0 aliphatic carbocycles. The van der Waals surface area contributed by atoms with Crippen molar-refractivity contribution in [2.45, 2.75) is 291 Å². The lowest BCUT2D eigenvalue weighted by molar-refractivity contribution is 0.469. The van der Waals surface area contributed by atoms with Gasteiger partial charge in [-0.15, -0.1) is 0 Å². The first-order chi connectivity index (χ1) is 48.9. The van der Waals surface area contributed by atoms with E-state index in [4.69, 9.17) is 0 Å². The molecule has 0 amide bonds. The second kappa shape index (κ2) is 58.7. The van der Waals surface area contributed by atoms with Gasteiger partial charge < -0.3 is 0 Å². The minimum atomic E-state index is 0.500. The maximum absolute atomic E-state index is 2.19. The Kier molecular flexibility index (Phi) is 60.6. The molecule has 0 aromatic heterocycles. The molecule has 0 radical (unpaired) electrons. The molecule has 0 heterocycles. The molecule has 0 aliphatic rings. The van der Waals surface area contributed by atoms with Gasteiger partial charge in [-0.25, -0.2) is 0 Å². The van der Waals surface area contributed by atoms with Gasteiger partial charge in [0.05, 0.1) is 0 Å². The number of fused-ring (bicyclic) bond motifs is 7. The third-order valence-corrected chi connectivity index (χ3v) is 8.97. The van der Waals surface area contributed by atoms with Gasteiger partial charge in [-0.1, -0.05) is 570 Å². The summed E-state index contributed by atoms with van der Waals surface area (Å²) in [6, 6.07) is 95.4. The van der Waals surface area contributed by atoms with Crippen LogP contribution in [0.1, 0.15) is 291 Å². The summed E-state index contributed by atoms with van der Waals surface area (Å²) in [7, 11) is 0. The van der Waals surface area contributed by atoms with Gasteiger partial charge in [0.15, 0.2) is 0 Å². The molecular weight excluding hydrogens is 1300 g/mol. The van der Waals surface area contributed by atoms with Crippen molar-refractivity contribution < 1.29 is 0 Å². The Morgan fingerprint density at radius 1 is 0.102 bits per heavy atom. The van der Waals surface area contributed by atoms with Gasteiger partial charge in [0.1, 0.15) is 0 Å². The zero-order chi connectivity index (χ0) is 85.3. The SMILES string of the molecule is CC.CC(C)(C)C.CC(C)(C)C.CC(C)(C)C.CC(C)(C)C.CC(C)(C)C.CC(C)(C)C.CC(C)(C)C.CC(C)(C)C.CC(C)(C)C.CC(C)(C)C.c1ccc2c(c1)ccc1ccccc12.c1ccc2c(c1)ccc1ccccc12.c1ccc2ccccc2c1.c1ccccc1.c1ccccc1.c1ccccc1. The fraction of sp³-hybridized carbons (Fsp3) is 0.481. The van der Waals surface area contributed by atoms with Gasteiger partial charge in [-0.2, -0.15) is 0 Å². The third-order valence-electron chi connectivity index (χ3n) is 8.97. The number of hydrogen-bond acceptors (Lipinski definition) is 0. The molecule has 604 valence electrons. The average Bonchev–Trinajstić information content (AvgIpc) is 0.806. The Hall–Kier alpha value is -7.28. The average molecular weight is 1470 g/mol. The Morgan fingerprint density at radius 3 is 0.269 bits per heavy atom. The Morgan fingerprint density at radius 2 is 0.176 bits per heavy atom. The first kappa shape index (κ1) is 112. The van der Waals surface area contributed by atoms with Crippen LogP contribution in [0.25, 0.3) is 53.9 Å². The van der Waals surface area contributed by atoms with Gasteiger partial charge in [-0.3, -0.25) is 0 Å². The summed E-state index contributed by atoms with van der Waals surface area (Å²) in [5.41, 5.74) is 5.00. The van der Waals surface area contributed by atoms with Crippen LogP contribution in [-0.2, 0) is 0 Å². The molecule has 0 N–H and O–H groups in total. The Labute approximate surface area is 673 Å². The van der Waals surface area contributed by atoms with E-state index in [1.807, 2.05) is 123 Å². The van der Waals surface area contributed by atoms with E-state index in [2.05, 4.69) is 447 Å². The van der Waals surface area contributed by atoms with Gasteiger partial charge in [0.2, 0.25) is 0 Å². The van der Waals surface area contributed by atoms with Crippen molar-refractivity contribution in [1.29, 1.82) is 0 Å². The van der Waals surface area contributed by atoms with Crippen molar-refractivity contribution in [3.05, 3.63) is 279 Å². The van der Waals surface area contributed by atoms with Crippen molar-refractivity contribution in [3.63, 3.8) is 0 Å². The predicted molar refractivity (Wildman–Crippen MR) is 509 cm³/mol. The largest absolute Gasteiger partial charge is 0.0683 e. The first-order valence-electron chi connectivity index (χ1n) is 40.0. The zero-order valence-corrected chi connectivity index (χ0v) is 78.6. The monoisotopic (exact) mass is 1470 g/mol. The summed E-state index contributed by atoms with van der Waals surface area (Å²) in [6.45, 7) is 91.5. The lowest BCUT2D eigenvalue weighted by atomic mass is 10.0. The zero-order valence-electron chi connectivity index (χ0n) is 78.6. The summed E-state index contributed by atoms with van der Waals surface area (Å²) in [4.78, 5) is 0. The molecule has 0 fully saturated rings. The second-order valence-corrected chi connectivity index (χ2v) is 42.8. The van der Waals surface area contributed by atoms with E-state index in [1.54, 1.807) is 0 Å². The van der Waals surface area contributed by atoms with Crippen LogP contribution in [0.2, 0.25) is 0 Å². The molecule has 11 aromatic rings. The second-order valence-electron chi connectivity index (χ2n) is 42.8. The molecular formula is C108H172. The molecule has 0 unspecified atom stereocenters. The maximum Gasteiger partial charge on any atom is -0.0105 e. The Bertz CT molecular complexity index is 3050. The van der Waals surface area contributed by atoms with Crippen LogP contribution in [-0.4, -0.2) is 0 Å². The lowest BCUT2D eigenvalue weighted by Gasteiger charge is -2.05. The van der Waals surface area contributed by atoms with Crippen molar-refractivity contribution in [2.75, 3.05) is 0 Å². The molecule has 0 nitrogen and oxygen atoms in total. The molecule has 11 aromatic carbocycles. The quantitative estimate of drug-likeness (QED) is 0.133. The maximum atomic E-state index is 2.19. The van der Waals surface area contributed by atoms with Crippen LogP contribution in [0.5, 0.6) is 0 Å². The van der Waals surface area contributed by atoms with E-state index in [-0.39, 0.29) is 0 Å². The highest BCUT2D eigenvalue weighted by molar-refractivity contribution is 6.08. The summed E-state index contributed by atoms with van der Waals surface area (Å²) >= 11 is 0. The summed E-state index contributed by atoms with van der Waals surface area (Å²) in [5, 5.41) is 13.2. The minimum Gasteiger partial charge on any atom is -0.0683 e. The van der Waals surface area contributed by atoms with E-state index in [0.29, 0.717) is 54.1 Å². The van der Waals surface area contributed by atoms with Gasteiger partial charge in [0.25, 0.3) is 0 Å². The van der Waals surface area contributed by atoms with Crippen LogP contribution >= 0.6 is 0 Å². The molecule has 0 aliphatic heterocycles. The van der Waals surface area contributed by atoms with Gasteiger partial charge >= 0.3 is 0 Å². The third kappa shape index (κ3) is 115. The summed E-state index contributed by atoms with van der Waals surface area (Å²) in [6.07, 6.45) is 0. The van der Waals surface area contributed by atoms with Crippen LogP contribution in [0.4, 0.5) is 0 Å². The van der Waals surface area contributed by atoms with E-state index in [0.717, 1.165) is 0 Å². The molecule has 0 spiro atoms. The molecule has 0 atom stereocenters. The van der Waals surface area contributed by atoms with Crippen molar-refractivity contribution in [1.82, 2.24) is 0 Å². The van der Waals surface area contributed by atoms with Crippen LogP contribution in [0, 0.1) is 54.1 Å². The van der Waals surface area contributed by atoms with Crippen molar-refractivity contribution >= 4 is 53.9 Å². The molecule has 0 saturated carbocycles. The predicted octanol–water partition coefficient (Wildman–Crippen LogP) is 37.4. The van der Waals surface area contributed by atoms with Crippen molar-refractivity contribution in [3.8, 4) is 0 Å². The smallest absolute Gasteiger partial charge is 0.0105 e. The highest BCUT2D eigenvalue weighted by atomic mass is 14.1. The van der Waals surface area contributed by atoms with E-state index >= 15 is 0 Å². The summed E-state index contributed by atoms with van der Waals surface area (Å²) < 4.78 is 0. The van der Waals surface area contributed by atoms with E-state index in [9.17, 15) is 0 Å². The standard InChI is InChI=1S/2C14H10.C10H8.3C6H6.10C5H12.C2H6/c2*1-3-7-13-11(5-1)9-10-12-6-2-4-8-14(12)13;1-2-6-10-8-4-3-7-9(10)5-1;3*1-2-4-6-5-3-1;10*1-5(2,3)4;1-2/h2*1-10H;1-8H;3*1-6H;10*1-4H3;1-2H3. The number of hydrogen-bond donors (Lipinski definition) is 0. The molecule has 0 heteroatoms.